The van der Waals surface area contributed by atoms with Crippen LogP contribution in [0.25, 0.3) is 93.2 Å². The summed E-state index contributed by atoms with van der Waals surface area (Å²) in [6.07, 6.45) is 1.64. The van der Waals surface area contributed by atoms with Crippen LogP contribution in [0.15, 0.2) is 152 Å². The molecule has 0 aliphatic heterocycles. The number of hydrogen-bond acceptors (Lipinski definition) is 2. The zero-order chi connectivity index (χ0) is 38.1. The highest BCUT2D eigenvalue weighted by Gasteiger charge is 2.80. The second-order valence-electron chi connectivity index (χ2n) is 14.3. The topological polar surface area (TPSA) is 30.7 Å². The summed E-state index contributed by atoms with van der Waals surface area (Å²) in [4.78, 5) is 9.25. The Morgan fingerprint density at radius 1 is 0.429 bits per heavy atom. The maximum atomic E-state index is 16.0. The van der Waals surface area contributed by atoms with E-state index in [1.165, 1.54) is 18.2 Å². The van der Waals surface area contributed by atoms with Gasteiger partial charge in [0.1, 0.15) is 0 Å². The van der Waals surface area contributed by atoms with Crippen molar-refractivity contribution in [3.8, 4) is 28.1 Å². The molecule has 3 aromatic heterocycles. The average Bonchev–Trinajstić information content (AvgIpc) is 3.61. The van der Waals surface area contributed by atoms with Crippen molar-refractivity contribution in [2.45, 2.75) is 17.8 Å². The van der Waals surface area contributed by atoms with Gasteiger partial charge >= 0.3 is 17.8 Å². The van der Waals surface area contributed by atoms with E-state index in [9.17, 15) is 0 Å². The van der Waals surface area contributed by atoms with Crippen molar-refractivity contribution < 1.29 is 26.3 Å². The lowest BCUT2D eigenvalue weighted by molar-refractivity contribution is -0.301. The molecule has 270 valence electrons. The highest BCUT2D eigenvalue weighted by Crippen LogP contribution is 2.66. The van der Waals surface area contributed by atoms with Crippen LogP contribution >= 0.6 is 0 Å². The number of rotatable bonds is 3. The van der Waals surface area contributed by atoms with E-state index in [2.05, 4.69) is 9.55 Å². The van der Waals surface area contributed by atoms with Gasteiger partial charge in [-0.05, 0) is 87.3 Å². The normalized spacial score (nSPS) is 15.8. The van der Waals surface area contributed by atoms with Crippen LogP contribution in [0.2, 0.25) is 0 Å². The van der Waals surface area contributed by atoms with Crippen molar-refractivity contribution in [1.29, 1.82) is 0 Å². The Bertz CT molecular complexity index is 3300. The molecular formula is C47H25F6N3. The van der Waals surface area contributed by atoms with Gasteiger partial charge in [-0.1, -0.05) is 91.0 Å². The monoisotopic (exact) mass is 745 g/mol. The Morgan fingerprint density at radius 2 is 1.00 bits per heavy atom. The summed E-state index contributed by atoms with van der Waals surface area (Å²) in [5.41, 5.74) is 2.96. The van der Waals surface area contributed by atoms with Gasteiger partial charge in [0, 0.05) is 50.1 Å². The second kappa shape index (κ2) is 11.2. The fourth-order valence-corrected chi connectivity index (χ4v) is 8.64. The van der Waals surface area contributed by atoms with Gasteiger partial charge in [-0.3, -0.25) is 4.98 Å². The maximum Gasteiger partial charge on any atom is 0.380 e. The number of halogens is 6. The summed E-state index contributed by atoms with van der Waals surface area (Å²) in [5, 5.41) is 3.04. The molecule has 9 heteroatoms. The van der Waals surface area contributed by atoms with Crippen LogP contribution in [0.1, 0.15) is 11.1 Å². The minimum absolute atomic E-state index is 0.150. The molecule has 0 bridgehead atoms. The third kappa shape index (κ3) is 4.25. The second-order valence-corrected chi connectivity index (χ2v) is 14.3. The molecule has 11 rings (SSSR count). The SMILES string of the molecule is FC1(F)c2c(c3cc(-c4ccc5ccc6cccnc6c5n4)ccc3c3ccc(-c4ccc5c(c4)c4ccccc4n5-c4ccccc4)cc23)C(F)(F)C1(F)F. The molecule has 56 heavy (non-hydrogen) atoms. The summed E-state index contributed by atoms with van der Waals surface area (Å²) in [5.74, 6) is -16.0. The van der Waals surface area contributed by atoms with E-state index < -0.39 is 28.9 Å². The largest absolute Gasteiger partial charge is 0.380 e. The van der Waals surface area contributed by atoms with Crippen LogP contribution in [-0.4, -0.2) is 20.5 Å². The van der Waals surface area contributed by atoms with Crippen molar-refractivity contribution in [2.24, 2.45) is 0 Å². The van der Waals surface area contributed by atoms with Crippen LogP contribution in [0.4, 0.5) is 26.3 Å². The zero-order valence-corrected chi connectivity index (χ0v) is 29.0. The van der Waals surface area contributed by atoms with E-state index in [0.717, 1.165) is 38.3 Å². The lowest BCUT2D eigenvalue weighted by atomic mass is 9.88. The molecule has 7 aromatic carbocycles. The number of pyridine rings is 2. The first-order valence-corrected chi connectivity index (χ1v) is 18.0. The highest BCUT2D eigenvalue weighted by molar-refractivity contribution is 6.15. The fourth-order valence-electron chi connectivity index (χ4n) is 8.64. The van der Waals surface area contributed by atoms with Crippen molar-refractivity contribution in [2.75, 3.05) is 0 Å². The number of benzene rings is 7. The van der Waals surface area contributed by atoms with Gasteiger partial charge in [0.2, 0.25) is 0 Å². The first-order chi connectivity index (χ1) is 27.0. The zero-order valence-electron chi connectivity index (χ0n) is 29.0. The minimum atomic E-state index is -5.68. The third-order valence-corrected chi connectivity index (χ3v) is 11.3. The van der Waals surface area contributed by atoms with Gasteiger partial charge in [0.25, 0.3) is 0 Å². The van der Waals surface area contributed by atoms with E-state index in [-0.39, 0.29) is 21.5 Å². The van der Waals surface area contributed by atoms with Crippen LogP contribution in [0.3, 0.4) is 0 Å². The van der Waals surface area contributed by atoms with Crippen molar-refractivity contribution in [3.63, 3.8) is 0 Å². The summed E-state index contributed by atoms with van der Waals surface area (Å²) in [6, 6.07) is 43.4. The van der Waals surface area contributed by atoms with Crippen LogP contribution in [0, 0.1) is 0 Å². The first kappa shape index (κ1) is 32.7. The van der Waals surface area contributed by atoms with Gasteiger partial charge in [-0.2, -0.15) is 26.3 Å². The molecule has 3 heterocycles. The molecule has 0 spiro atoms. The summed E-state index contributed by atoms with van der Waals surface area (Å²) in [6.45, 7) is 0. The predicted molar refractivity (Wildman–Crippen MR) is 210 cm³/mol. The van der Waals surface area contributed by atoms with Gasteiger partial charge in [0.15, 0.2) is 0 Å². The van der Waals surface area contributed by atoms with E-state index in [1.54, 1.807) is 42.6 Å². The molecule has 1 aliphatic carbocycles. The van der Waals surface area contributed by atoms with Gasteiger partial charge in [-0.15, -0.1) is 0 Å². The van der Waals surface area contributed by atoms with E-state index in [1.807, 2.05) is 91.0 Å². The molecule has 0 radical (unpaired) electrons. The van der Waals surface area contributed by atoms with E-state index in [4.69, 9.17) is 4.98 Å². The Kier molecular flexibility index (Phi) is 6.51. The molecule has 0 atom stereocenters. The van der Waals surface area contributed by atoms with Crippen LogP contribution in [-0.2, 0) is 11.8 Å². The molecule has 0 unspecified atom stereocenters. The molecule has 3 nitrogen and oxygen atoms in total. The quantitative estimate of drug-likeness (QED) is 0.133. The molecule has 0 saturated heterocycles. The molecule has 1 aliphatic rings. The Labute approximate surface area is 314 Å². The predicted octanol–water partition coefficient (Wildman–Crippen LogP) is 13.4. The first-order valence-electron chi connectivity index (χ1n) is 18.0. The minimum Gasteiger partial charge on any atom is -0.309 e. The molecule has 0 N–H and O–H groups in total. The van der Waals surface area contributed by atoms with Gasteiger partial charge in [0.05, 0.1) is 27.8 Å². The molecule has 0 amide bonds. The summed E-state index contributed by atoms with van der Waals surface area (Å²) >= 11 is 0. The summed E-state index contributed by atoms with van der Waals surface area (Å²) in [7, 11) is 0. The lowest BCUT2D eigenvalue weighted by Gasteiger charge is -2.23. The van der Waals surface area contributed by atoms with Gasteiger partial charge < -0.3 is 4.57 Å². The van der Waals surface area contributed by atoms with Crippen LogP contribution < -0.4 is 0 Å². The third-order valence-electron chi connectivity index (χ3n) is 11.3. The summed E-state index contributed by atoms with van der Waals surface area (Å²) < 4.78 is 97.2. The lowest BCUT2D eigenvalue weighted by Crippen LogP contribution is -2.43. The van der Waals surface area contributed by atoms with Crippen molar-refractivity contribution in [1.82, 2.24) is 14.5 Å². The fraction of sp³-hybridized carbons (Fsp3) is 0.0638. The Hall–Kier alpha value is -6.74. The number of nitrogens with zero attached hydrogens (tertiary/aromatic N) is 3. The van der Waals surface area contributed by atoms with Crippen molar-refractivity contribution in [3.05, 3.63) is 163 Å². The molecule has 0 fully saturated rings. The number of aromatic nitrogens is 3. The van der Waals surface area contributed by atoms with E-state index in [0.29, 0.717) is 33.4 Å². The molecular weight excluding hydrogens is 721 g/mol. The number of alkyl halides is 6. The molecule has 10 aromatic rings. The van der Waals surface area contributed by atoms with Crippen molar-refractivity contribution >= 4 is 65.2 Å². The average molecular weight is 746 g/mol. The van der Waals surface area contributed by atoms with E-state index >= 15 is 26.3 Å². The number of hydrogen-bond donors (Lipinski definition) is 0. The number of fused-ring (bicyclic) bond motifs is 12. The van der Waals surface area contributed by atoms with Crippen LogP contribution in [0.5, 0.6) is 0 Å². The smallest absolute Gasteiger partial charge is 0.309 e. The number of para-hydroxylation sites is 2. The Balaban J connectivity index is 1.14. The van der Waals surface area contributed by atoms with Gasteiger partial charge in [-0.25, -0.2) is 4.98 Å². The highest BCUT2D eigenvalue weighted by atomic mass is 19.3. The standard InChI is InChI=1S/C47H25F6N3/c48-45(49)41-36-24-28(29-17-21-40-35(23-29)34-10-4-5-11-39(34)56(40)31-8-2-1-3-9-31)14-18-32(36)33-19-15-30(25-37(33)42(41)46(50,51)47(45,52)53)38-20-16-27-13-12-26-7-6-22-54-43(26)44(27)55-38/h1-25H. The maximum absolute atomic E-state index is 16.0. The molecule has 0 saturated carbocycles. The Morgan fingerprint density at radius 3 is 1.73 bits per heavy atom.